The molecule has 0 unspecified atom stereocenters. The van der Waals surface area contributed by atoms with Gasteiger partial charge in [0.1, 0.15) is 5.69 Å². The van der Waals surface area contributed by atoms with Gasteiger partial charge in [0.2, 0.25) is 0 Å². The third-order valence-corrected chi connectivity index (χ3v) is 4.28. The van der Waals surface area contributed by atoms with E-state index in [0.29, 0.717) is 31.1 Å². The van der Waals surface area contributed by atoms with E-state index < -0.39 is 5.60 Å². The van der Waals surface area contributed by atoms with Crippen molar-refractivity contribution in [3.8, 4) is 0 Å². The van der Waals surface area contributed by atoms with E-state index in [9.17, 15) is 9.90 Å². The standard InChI is InChI=1S/C15H25N3O2/c1-10(2)7-12-8-18(6-5-15(12,4)20)14(19)13-11(3)16-9-17-13/h9-10,12,20H,5-8H2,1-4H3,(H,16,17)/t12-,15+/m1/s1. The second-order valence-corrected chi connectivity index (χ2v) is 6.56. The number of imidazole rings is 1. The van der Waals surface area contributed by atoms with E-state index in [2.05, 4.69) is 23.8 Å². The van der Waals surface area contributed by atoms with Gasteiger partial charge in [0.05, 0.1) is 11.9 Å². The molecule has 0 aromatic carbocycles. The topological polar surface area (TPSA) is 69.2 Å². The fourth-order valence-electron chi connectivity index (χ4n) is 2.93. The van der Waals surface area contributed by atoms with Crippen molar-refractivity contribution in [3.63, 3.8) is 0 Å². The first-order chi connectivity index (χ1) is 9.31. The van der Waals surface area contributed by atoms with E-state index in [0.717, 1.165) is 12.1 Å². The van der Waals surface area contributed by atoms with Gasteiger partial charge < -0.3 is 15.0 Å². The number of nitrogens with one attached hydrogen (secondary N) is 1. The fraction of sp³-hybridized carbons (Fsp3) is 0.733. The van der Waals surface area contributed by atoms with Gasteiger partial charge in [0, 0.05) is 24.7 Å². The van der Waals surface area contributed by atoms with Crippen molar-refractivity contribution >= 4 is 5.91 Å². The molecule has 0 spiro atoms. The summed E-state index contributed by atoms with van der Waals surface area (Å²) in [5, 5.41) is 10.5. The number of likely N-dealkylation sites (tertiary alicyclic amines) is 1. The Morgan fingerprint density at radius 2 is 2.35 bits per heavy atom. The number of aromatic nitrogens is 2. The number of carbonyl (C=O) groups is 1. The maximum atomic E-state index is 12.5. The molecule has 0 saturated carbocycles. The quantitative estimate of drug-likeness (QED) is 0.889. The molecule has 1 amide bonds. The van der Waals surface area contributed by atoms with Crippen LogP contribution in [-0.4, -0.2) is 44.6 Å². The first kappa shape index (κ1) is 15.0. The molecule has 0 aliphatic carbocycles. The summed E-state index contributed by atoms with van der Waals surface area (Å²) in [7, 11) is 0. The van der Waals surface area contributed by atoms with Gasteiger partial charge in [-0.1, -0.05) is 13.8 Å². The molecule has 1 aliphatic rings. The molecule has 2 rings (SSSR count). The van der Waals surface area contributed by atoms with Crippen LogP contribution in [0.2, 0.25) is 0 Å². The molecule has 1 saturated heterocycles. The van der Waals surface area contributed by atoms with Crippen molar-refractivity contribution in [2.45, 2.75) is 46.1 Å². The minimum atomic E-state index is -0.679. The molecule has 0 bridgehead atoms. The summed E-state index contributed by atoms with van der Waals surface area (Å²) < 4.78 is 0. The first-order valence-corrected chi connectivity index (χ1v) is 7.33. The monoisotopic (exact) mass is 279 g/mol. The number of hydrogen-bond donors (Lipinski definition) is 2. The molecule has 1 aromatic heterocycles. The summed E-state index contributed by atoms with van der Waals surface area (Å²) >= 11 is 0. The summed E-state index contributed by atoms with van der Waals surface area (Å²) in [4.78, 5) is 21.4. The van der Waals surface area contributed by atoms with Crippen molar-refractivity contribution < 1.29 is 9.90 Å². The van der Waals surface area contributed by atoms with Gasteiger partial charge in [-0.3, -0.25) is 4.79 Å². The van der Waals surface area contributed by atoms with E-state index >= 15 is 0 Å². The summed E-state index contributed by atoms with van der Waals surface area (Å²) in [6, 6.07) is 0. The van der Waals surface area contributed by atoms with Crippen LogP contribution < -0.4 is 0 Å². The lowest BCUT2D eigenvalue weighted by molar-refractivity contribution is -0.0578. The van der Waals surface area contributed by atoms with Crippen LogP contribution in [0.5, 0.6) is 0 Å². The molecule has 2 atom stereocenters. The normalized spacial score (nSPS) is 27.1. The van der Waals surface area contributed by atoms with Crippen LogP contribution in [-0.2, 0) is 0 Å². The Morgan fingerprint density at radius 3 is 2.90 bits per heavy atom. The molecule has 20 heavy (non-hydrogen) atoms. The van der Waals surface area contributed by atoms with E-state index in [-0.39, 0.29) is 11.8 Å². The molecule has 5 heteroatoms. The molecule has 2 heterocycles. The molecule has 0 radical (unpaired) electrons. The van der Waals surface area contributed by atoms with Crippen LogP contribution in [0.25, 0.3) is 0 Å². The summed E-state index contributed by atoms with van der Waals surface area (Å²) in [6.07, 6.45) is 3.10. The van der Waals surface area contributed by atoms with Crippen molar-refractivity contribution in [3.05, 3.63) is 17.7 Å². The number of H-pyrrole nitrogens is 1. The van der Waals surface area contributed by atoms with Crippen LogP contribution in [0, 0.1) is 18.8 Å². The number of aryl methyl sites for hydroxylation is 1. The Kier molecular flexibility index (Phi) is 4.18. The molecular weight excluding hydrogens is 254 g/mol. The highest BCUT2D eigenvalue weighted by Crippen LogP contribution is 2.32. The average molecular weight is 279 g/mol. The van der Waals surface area contributed by atoms with E-state index in [1.807, 2.05) is 18.7 Å². The molecule has 2 N–H and O–H groups in total. The van der Waals surface area contributed by atoms with E-state index in [1.165, 1.54) is 0 Å². The van der Waals surface area contributed by atoms with Crippen LogP contribution >= 0.6 is 0 Å². The number of carbonyl (C=O) groups excluding carboxylic acids is 1. The SMILES string of the molecule is Cc1[nH]cnc1C(=O)N1CC[C@](C)(O)[C@H](CC(C)C)C1. The number of amides is 1. The van der Waals surface area contributed by atoms with Crippen LogP contribution in [0.4, 0.5) is 0 Å². The summed E-state index contributed by atoms with van der Waals surface area (Å²) in [5.74, 6) is 0.598. The van der Waals surface area contributed by atoms with Crippen molar-refractivity contribution in [1.29, 1.82) is 0 Å². The minimum absolute atomic E-state index is 0.0343. The van der Waals surface area contributed by atoms with Crippen LogP contribution in [0.1, 0.15) is 49.8 Å². The predicted octanol–water partition coefficient (Wildman–Crippen LogP) is 1.98. The highest BCUT2D eigenvalue weighted by molar-refractivity contribution is 5.93. The number of aromatic amines is 1. The van der Waals surface area contributed by atoms with Gasteiger partial charge in [-0.05, 0) is 32.6 Å². The number of nitrogens with zero attached hydrogens (tertiary/aromatic N) is 2. The number of hydrogen-bond acceptors (Lipinski definition) is 3. The Balaban J connectivity index is 2.11. The van der Waals surface area contributed by atoms with Crippen LogP contribution in [0.15, 0.2) is 6.33 Å². The summed E-state index contributed by atoms with van der Waals surface area (Å²) in [5.41, 5.74) is 0.615. The Labute approximate surface area is 120 Å². The summed E-state index contributed by atoms with van der Waals surface area (Å²) in [6.45, 7) is 9.24. The largest absolute Gasteiger partial charge is 0.390 e. The zero-order valence-corrected chi connectivity index (χ0v) is 12.8. The number of piperidine rings is 1. The molecular formula is C15H25N3O2. The van der Waals surface area contributed by atoms with Gasteiger partial charge in [-0.15, -0.1) is 0 Å². The third kappa shape index (κ3) is 3.03. The Morgan fingerprint density at radius 1 is 1.65 bits per heavy atom. The zero-order valence-electron chi connectivity index (χ0n) is 12.8. The van der Waals surface area contributed by atoms with Crippen molar-refractivity contribution in [2.75, 3.05) is 13.1 Å². The molecule has 5 nitrogen and oxygen atoms in total. The smallest absolute Gasteiger partial charge is 0.274 e. The van der Waals surface area contributed by atoms with Gasteiger partial charge in [0.15, 0.2) is 0 Å². The van der Waals surface area contributed by atoms with Crippen LogP contribution in [0.3, 0.4) is 0 Å². The highest BCUT2D eigenvalue weighted by Gasteiger charge is 2.39. The lowest BCUT2D eigenvalue weighted by Crippen LogP contribution is -2.52. The van der Waals surface area contributed by atoms with Crippen molar-refractivity contribution in [2.24, 2.45) is 11.8 Å². The predicted molar refractivity (Wildman–Crippen MR) is 77.4 cm³/mol. The van der Waals surface area contributed by atoms with E-state index in [1.54, 1.807) is 6.33 Å². The maximum absolute atomic E-state index is 12.5. The lowest BCUT2D eigenvalue weighted by Gasteiger charge is -2.43. The molecule has 1 aromatic rings. The van der Waals surface area contributed by atoms with Gasteiger partial charge in [-0.25, -0.2) is 4.98 Å². The zero-order chi connectivity index (χ0) is 14.9. The molecule has 1 fully saturated rings. The third-order valence-electron chi connectivity index (χ3n) is 4.28. The number of rotatable bonds is 3. The van der Waals surface area contributed by atoms with Crippen molar-refractivity contribution in [1.82, 2.24) is 14.9 Å². The average Bonchev–Trinajstić information content (AvgIpc) is 2.77. The maximum Gasteiger partial charge on any atom is 0.274 e. The fourth-order valence-corrected chi connectivity index (χ4v) is 2.93. The molecule has 1 aliphatic heterocycles. The van der Waals surface area contributed by atoms with E-state index in [4.69, 9.17) is 0 Å². The Hall–Kier alpha value is -1.36. The van der Waals surface area contributed by atoms with Gasteiger partial charge in [-0.2, -0.15) is 0 Å². The number of aliphatic hydroxyl groups is 1. The highest BCUT2D eigenvalue weighted by atomic mass is 16.3. The lowest BCUT2D eigenvalue weighted by atomic mass is 9.78. The first-order valence-electron chi connectivity index (χ1n) is 7.33. The van der Waals surface area contributed by atoms with Gasteiger partial charge >= 0.3 is 0 Å². The second-order valence-electron chi connectivity index (χ2n) is 6.56. The molecule has 112 valence electrons. The second kappa shape index (κ2) is 5.56. The minimum Gasteiger partial charge on any atom is -0.390 e. The Bertz CT molecular complexity index is 479. The van der Waals surface area contributed by atoms with Gasteiger partial charge in [0.25, 0.3) is 5.91 Å².